The van der Waals surface area contributed by atoms with Crippen LogP contribution in [0.5, 0.6) is 0 Å². The van der Waals surface area contributed by atoms with E-state index in [1.807, 2.05) is 12.1 Å². The van der Waals surface area contributed by atoms with Crippen LogP contribution in [0.25, 0.3) is 10.6 Å². The molecular weight excluding hydrogens is 260 g/mol. The fourth-order valence-electron chi connectivity index (χ4n) is 1.28. The van der Waals surface area contributed by atoms with Crippen molar-refractivity contribution in [2.75, 3.05) is 0 Å². The van der Waals surface area contributed by atoms with Crippen LogP contribution in [0.3, 0.4) is 0 Å². The SMILES string of the molecule is O=C(O)CCc1nnc(-c2ccc(Cl)cc2)s1. The van der Waals surface area contributed by atoms with Crippen molar-refractivity contribution in [3.63, 3.8) is 0 Å². The van der Waals surface area contributed by atoms with E-state index in [1.54, 1.807) is 12.1 Å². The van der Waals surface area contributed by atoms with E-state index in [1.165, 1.54) is 11.3 Å². The highest BCUT2D eigenvalue weighted by molar-refractivity contribution is 7.14. The minimum Gasteiger partial charge on any atom is -0.481 e. The Morgan fingerprint density at radius 1 is 1.29 bits per heavy atom. The number of aliphatic carboxylic acids is 1. The van der Waals surface area contributed by atoms with Gasteiger partial charge in [-0.1, -0.05) is 35.1 Å². The summed E-state index contributed by atoms with van der Waals surface area (Å²) >= 11 is 7.20. The van der Waals surface area contributed by atoms with Gasteiger partial charge in [-0.2, -0.15) is 0 Å². The van der Waals surface area contributed by atoms with Crippen LogP contribution in [0.4, 0.5) is 0 Å². The summed E-state index contributed by atoms with van der Waals surface area (Å²) in [4.78, 5) is 10.4. The van der Waals surface area contributed by atoms with Gasteiger partial charge >= 0.3 is 5.97 Å². The monoisotopic (exact) mass is 268 g/mol. The molecule has 0 unspecified atom stereocenters. The minimum atomic E-state index is -0.826. The molecule has 0 spiro atoms. The summed E-state index contributed by atoms with van der Waals surface area (Å²) in [5.41, 5.74) is 0.938. The Hall–Kier alpha value is -1.46. The molecule has 1 aromatic heterocycles. The van der Waals surface area contributed by atoms with Gasteiger partial charge in [0.1, 0.15) is 10.0 Å². The number of rotatable bonds is 4. The summed E-state index contributed by atoms with van der Waals surface area (Å²) in [5, 5.41) is 18.7. The fraction of sp³-hybridized carbons (Fsp3) is 0.182. The average molecular weight is 269 g/mol. The Balaban J connectivity index is 2.12. The van der Waals surface area contributed by atoms with Crippen LogP contribution < -0.4 is 0 Å². The zero-order chi connectivity index (χ0) is 12.3. The third-order valence-corrected chi connectivity index (χ3v) is 3.39. The second-order valence-corrected chi connectivity index (χ2v) is 4.90. The number of hydrogen-bond donors (Lipinski definition) is 1. The van der Waals surface area contributed by atoms with E-state index in [0.717, 1.165) is 15.6 Å². The standard InChI is InChI=1S/C11H9ClN2O2S/c12-8-3-1-7(2-4-8)11-14-13-9(17-11)5-6-10(15)16/h1-4H,5-6H2,(H,15,16). The molecule has 0 aliphatic carbocycles. The van der Waals surface area contributed by atoms with Gasteiger partial charge in [0.15, 0.2) is 0 Å². The molecule has 2 aromatic rings. The molecule has 0 fully saturated rings. The first-order chi connectivity index (χ1) is 8.15. The first-order valence-corrected chi connectivity index (χ1v) is 6.15. The van der Waals surface area contributed by atoms with E-state index in [2.05, 4.69) is 10.2 Å². The number of aromatic nitrogens is 2. The van der Waals surface area contributed by atoms with Gasteiger partial charge in [-0.25, -0.2) is 0 Å². The summed E-state index contributed by atoms with van der Waals surface area (Å²) in [6.07, 6.45) is 0.496. The maximum Gasteiger partial charge on any atom is 0.303 e. The molecule has 17 heavy (non-hydrogen) atoms. The second-order valence-electron chi connectivity index (χ2n) is 3.40. The van der Waals surface area contributed by atoms with Crippen molar-refractivity contribution in [1.29, 1.82) is 0 Å². The topological polar surface area (TPSA) is 63.1 Å². The third kappa shape index (κ3) is 3.25. The summed E-state index contributed by atoms with van der Waals surface area (Å²) in [6, 6.07) is 7.30. The lowest BCUT2D eigenvalue weighted by molar-refractivity contribution is -0.136. The van der Waals surface area contributed by atoms with Crippen molar-refractivity contribution in [3.05, 3.63) is 34.3 Å². The number of nitrogens with zero attached hydrogens (tertiary/aromatic N) is 2. The van der Waals surface area contributed by atoms with E-state index in [0.29, 0.717) is 11.4 Å². The predicted octanol–water partition coefficient (Wildman–Crippen LogP) is 2.88. The highest BCUT2D eigenvalue weighted by Crippen LogP contribution is 2.25. The average Bonchev–Trinajstić information content (AvgIpc) is 2.76. The van der Waals surface area contributed by atoms with Gasteiger partial charge in [0.2, 0.25) is 0 Å². The summed E-state index contributed by atoms with van der Waals surface area (Å²) in [7, 11) is 0. The van der Waals surface area contributed by atoms with Gasteiger partial charge in [0, 0.05) is 17.0 Å². The lowest BCUT2D eigenvalue weighted by Crippen LogP contribution is -1.96. The van der Waals surface area contributed by atoms with Gasteiger partial charge in [-0.3, -0.25) is 4.79 Å². The molecule has 0 saturated carbocycles. The Bertz CT molecular complexity index is 525. The number of carboxylic acid groups (broad SMARTS) is 1. The quantitative estimate of drug-likeness (QED) is 0.926. The zero-order valence-electron chi connectivity index (χ0n) is 8.76. The molecule has 0 atom stereocenters. The molecule has 0 bridgehead atoms. The van der Waals surface area contributed by atoms with E-state index in [9.17, 15) is 4.79 Å². The molecule has 0 aliphatic rings. The first-order valence-electron chi connectivity index (χ1n) is 4.95. The van der Waals surface area contributed by atoms with E-state index in [4.69, 9.17) is 16.7 Å². The number of halogens is 1. The molecule has 0 aliphatic heterocycles. The van der Waals surface area contributed by atoms with Crippen LogP contribution in [0.15, 0.2) is 24.3 Å². The van der Waals surface area contributed by atoms with E-state index < -0.39 is 5.97 Å². The number of carbonyl (C=O) groups is 1. The van der Waals surface area contributed by atoms with Gasteiger partial charge in [0.05, 0.1) is 6.42 Å². The van der Waals surface area contributed by atoms with Gasteiger partial charge in [-0.15, -0.1) is 10.2 Å². The largest absolute Gasteiger partial charge is 0.481 e. The number of aryl methyl sites for hydroxylation is 1. The molecular formula is C11H9ClN2O2S. The van der Waals surface area contributed by atoms with E-state index in [-0.39, 0.29) is 6.42 Å². The van der Waals surface area contributed by atoms with Crippen molar-refractivity contribution in [1.82, 2.24) is 10.2 Å². The van der Waals surface area contributed by atoms with Crippen molar-refractivity contribution in [3.8, 4) is 10.6 Å². The normalized spacial score (nSPS) is 10.4. The lowest BCUT2D eigenvalue weighted by Gasteiger charge is -1.94. The van der Waals surface area contributed by atoms with E-state index >= 15 is 0 Å². The molecule has 0 radical (unpaired) electrons. The molecule has 4 nitrogen and oxygen atoms in total. The van der Waals surface area contributed by atoms with Crippen molar-refractivity contribution < 1.29 is 9.90 Å². The van der Waals surface area contributed by atoms with Crippen LogP contribution in [0, 0.1) is 0 Å². The van der Waals surface area contributed by atoms with Crippen LogP contribution in [0.2, 0.25) is 5.02 Å². The van der Waals surface area contributed by atoms with Crippen LogP contribution >= 0.6 is 22.9 Å². The highest BCUT2D eigenvalue weighted by atomic mass is 35.5. The maximum absolute atomic E-state index is 10.4. The highest BCUT2D eigenvalue weighted by Gasteiger charge is 2.08. The molecule has 1 N–H and O–H groups in total. The Morgan fingerprint density at radius 3 is 2.65 bits per heavy atom. The number of benzene rings is 1. The molecule has 6 heteroatoms. The van der Waals surface area contributed by atoms with Gasteiger partial charge in [-0.05, 0) is 12.1 Å². The molecule has 1 heterocycles. The lowest BCUT2D eigenvalue weighted by atomic mass is 10.2. The third-order valence-electron chi connectivity index (χ3n) is 2.11. The van der Waals surface area contributed by atoms with Crippen LogP contribution in [0.1, 0.15) is 11.4 Å². The summed E-state index contributed by atoms with van der Waals surface area (Å²) in [5.74, 6) is -0.826. The number of carboxylic acids is 1. The Kier molecular flexibility index (Phi) is 3.71. The molecule has 2 rings (SSSR count). The predicted molar refractivity (Wildman–Crippen MR) is 66.3 cm³/mol. The summed E-state index contributed by atoms with van der Waals surface area (Å²) in [6.45, 7) is 0. The van der Waals surface area contributed by atoms with Crippen molar-refractivity contribution in [2.45, 2.75) is 12.8 Å². The maximum atomic E-state index is 10.4. The molecule has 0 amide bonds. The van der Waals surface area contributed by atoms with Crippen LogP contribution in [-0.2, 0) is 11.2 Å². The molecule has 0 saturated heterocycles. The Morgan fingerprint density at radius 2 is 2.00 bits per heavy atom. The molecule has 88 valence electrons. The first kappa shape index (κ1) is 12.0. The fourth-order valence-corrected chi connectivity index (χ4v) is 2.25. The smallest absolute Gasteiger partial charge is 0.303 e. The number of hydrogen-bond acceptors (Lipinski definition) is 4. The van der Waals surface area contributed by atoms with Gasteiger partial charge in [0.25, 0.3) is 0 Å². The minimum absolute atomic E-state index is 0.0786. The van der Waals surface area contributed by atoms with Gasteiger partial charge < -0.3 is 5.11 Å². The van der Waals surface area contributed by atoms with Crippen molar-refractivity contribution in [2.24, 2.45) is 0 Å². The Labute approximate surface area is 107 Å². The zero-order valence-corrected chi connectivity index (χ0v) is 10.3. The summed E-state index contributed by atoms with van der Waals surface area (Å²) < 4.78 is 0. The molecule has 1 aromatic carbocycles. The van der Waals surface area contributed by atoms with Crippen molar-refractivity contribution >= 4 is 28.9 Å². The second kappa shape index (κ2) is 5.25. The van der Waals surface area contributed by atoms with Crippen LogP contribution in [-0.4, -0.2) is 21.3 Å².